The Morgan fingerprint density at radius 2 is 2.13 bits per heavy atom. The fourth-order valence-electron chi connectivity index (χ4n) is 2.12. The summed E-state index contributed by atoms with van der Waals surface area (Å²) >= 11 is 0. The van der Waals surface area contributed by atoms with E-state index in [-0.39, 0.29) is 5.41 Å². The molecule has 1 N–H and O–H groups in total. The van der Waals surface area contributed by atoms with Crippen molar-refractivity contribution in [3.8, 4) is 6.07 Å². The van der Waals surface area contributed by atoms with Crippen LogP contribution in [0.4, 0.5) is 5.69 Å². The minimum atomic E-state index is -0.242. The first kappa shape index (κ1) is 10.0. The molecular formula is C13H16N2. The van der Waals surface area contributed by atoms with E-state index in [1.54, 1.807) is 0 Å². The maximum Gasteiger partial charge on any atom is 0.0809 e. The van der Waals surface area contributed by atoms with Gasteiger partial charge in [-0.15, -0.1) is 0 Å². The molecule has 1 aliphatic rings. The molecule has 1 atom stereocenters. The molecule has 0 saturated heterocycles. The third-order valence-corrected chi connectivity index (χ3v) is 3.45. The van der Waals surface area contributed by atoms with Crippen LogP contribution in [0.15, 0.2) is 24.3 Å². The summed E-state index contributed by atoms with van der Waals surface area (Å²) in [5, 5.41) is 12.7. The zero-order valence-electron chi connectivity index (χ0n) is 9.25. The largest absolute Gasteiger partial charge is 0.383 e. The highest BCUT2D eigenvalue weighted by atomic mass is 14.9. The van der Waals surface area contributed by atoms with Crippen LogP contribution >= 0.6 is 0 Å². The van der Waals surface area contributed by atoms with Crippen molar-refractivity contribution in [2.24, 2.45) is 11.3 Å². The number of rotatable bonds is 1. The Morgan fingerprint density at radius 1 is 1.40 bits per heavy atom. The first-order valence-corrected chi connectivity index (χ1v) is 5.41. The van der Waals surface area contributed by atoms with Gasteiger partial charge in [-0.3, -0.25) is 0 Å². The zero-order chi connectivity index (χ0) is 10.9. The van der Waals surface area contributed by atoms with Crippen LogP contribution in [0.3, 0.4) is 0 Å². The van der Waals surface area contributed by atoms with Crippen LogP contribution in [0.1, 0.15) is 19.4 Å². The van der Waals surface area contributed by atoms with Crippen molar-refractivity contribution >= 4 is 5.69 Å². The van der Waals surface area contributed by atoms with Crippen LogP contribution in [-0.2, 0) is 6.42 Å². The monoisotopic (exact) mass is 200 g/mol. The molecule has 0 fully saturated rings. The van der Waals surface area contributed by atoms with Crippen molar-refractivity contribution in [1.82, 2.24) is 0 Å². The number of anilines is 1. The van der Waals surface area contributed by atoms with E-state index in [0.29, 0.717) is 5.92 Å². The third-order valence-electron chi connectivity index (χ3n) is 3.45. The second kappa shape index (κ2) is 3.58. The van der Waals surface area contributed by atoms with E-state index in [1.807, 2.05) is 12.1 Å². The molecule has 0 radical (unpaired) electrons. The molecule has 1 aliphatic heterocycles. The molecule has 1 aromatic carbocycles. The molecule has 0 spiro atoms. The number of nitriles is 1. The van der Waals surface area contributed by atoms with Gasteiger partial charge in [0, 0.05) is 12.2 Å². The first-order valence-electron chi connectivity index (χ1n) is 5.41. The van der Waals surface area contributed by atoms with E-state index in [4.69, 9.17) is 0 Å². The second-order valence-corrected chi connectivity index (χ2v) is 4.61. The van der Waals surface area contributed by atoms with Gasteiger partial charge in [-0.05, 0) is 24.0 Å². The standard InChI is InChI=1S/C13H16N2/c1-10(2)13(8-14)7-11-5-3-4-6-12(11)15-9-13/h3-6,10,15H,7,9H2,1-2H3/t13-/m0/s1. The van der Waals surface area contributed by atoms with Gasteiger partial charge < -0.3 is 5.32 Å². The number of hydrogen-bond acceptors (Lipinski definition) is 2. The minimum absolute atomic E-state index is 0.242. The third kappa shape index (κ3) is 1.59. The van der Waals surface area contributed by atoms with Crippen LogP contribution in [-0.4, -0.2) is 6.54 Å². The predicted octanol–water partition coefficient (Wildman–Crippen LogP) is 2.82. The molecule has 1 heterocycles. The summed E-state index contributed by atoms with van der Waals surface area (Å²) in [6.45, 7) is 5.01. The zero-order valence-corrected chi connectivity index (χ0v) is 9.25. The lowest BCUT2D eigenvalue weighted by atomic mass is 9.72. The van der Waals surface area contributed by atoms with Gasteiger partial charge in [0.1, 0.15) is 0 Å². The van der Waals surface area contributed by atoms with Crippen molar-refractivity contribution in [2.75, 3.05) is 11.9 Å². The Morgan fingerprint density at radius 3 is 2.80 bits per heavy atom. The molecule has 2 rings (SSSR count). The molecule has 0 aliphatic carbocycles. The fraction of sp³-hybridized carbons (Fsp3) is 0.462. The highest BCUT2D eigenvalue weighted by Crippen LogP contribution is 2.37. The summed E-state index contributed by atoms with van der Waals surface area (Å²) in [4.78, 5) is 0. The van der Waals surface area contributed by atoms with Crippen molar-refractivity contribution in [3.05, 3.63) is 29.8 Å². The van der Waals surface area contributed by atoms with Gasteiger partial charge in [0.05, 0.1) is 11.5 Å². The molecular weight excluding hydrogens is 184 g/mol. The summed E-state index contributed by atoms with van der Waals surface area (Å²) in [6, 6.07) is 10.7. The molecule has 2 heteroatoms. The van der Waals surface area contributed by atoms with Crippen LogP contribution in [0, 0.1) is 22.7 Å². The normalized spacial score (nSPS) is 24.1. The number of fused-ring (bicyclic) bond motifs is 1. The Bertz CT molecular complexity index is 403. The second-order valence-electron chi connectivity index (χ2n) is 4.61. The average Bonchev–Trinajstić information content (AvgIpc) is 2.28. The lowest BCUT2D eigenvalue weighted by Crippen LogP contribution is -2.39. The lowest BCUT2D eigenvalue weighted by Gasteiger charge is -2.36. The Labute approximate surface area is 90.9 Å². The van der Waals surface area contributed by atoms with Crippen LogP contribution < -0.4 is 5.32 Å². The maximum atomic E-state index is 9.35. The van der Waals surface area contributed by atoms with Gasteiger partial charge in [-0.25, -0.2) is 0 Å². The highest BCUT2D eigenvalue weighted by Gasteiger charge is 2.37. The average molecular weight is 200 g/mol. The summed E-state index contributed by atoms with van der Waals surface area (Å²) in [5.74, 6) is 0.378. The number of nitrogens with zero attached hydrogens (tertiary/aromatic N) is 1. The van der Waals surface area contributed by atoms with E-state index in [1.165, 1.54) is 11.3 Å². The van der Waals surface area contributed by atoms with Crippen molar-refractivity contribution < 1.29 is 0 Å². The molecule has 0 unspecified atom stereocenters. The van der Waals surface area contributed by atoms with Crippen molar-refractivity contribution in [1.29, 1.82) is 5.26 Å². The number of hydrogen-bond donors (Lipinski definition) is 1. The van der Waals surface area contributed by atoms with Gasteiger partial charge in [-0.1, -0.05) is 32.0 Å². The SMILES string of the molecule is CC(C)[C@@]1(C#N)CNc2ccccc2C1. The molecule has 78 valence electrons. The maximum absolute atomic E-state index is 9.35. The number of benzene rings is 1. The summed E-state index contributed by atoms with van der Waals surface area (Å²) in [6.07, 6.45) is 0.865. The van der Waals surface area contributed by atoms with Gasteiger partial charge >= 0.3 is 0 Å². The fourth-order valence-corrected chi connectivity index (χ4v) is 2.12. The molecule has 1 aromatic rings. The summed E-state index contributed by atoms with van der Waals surface area (Å²) < 4.78 is 0. The van der Waals surface area contributed by atoms with E-state index >= 15 is 0 Å². The van der Waals surface area contributed by atoms with Gasteiger partial charge in [-0.2, -0.15) is 5.26 Å². The Kier molecular flexibility index (Phi) is 2.40. The lowest BCUT2D eigenvalue weighted by molar-refractivity contribution is 0.287. The van der Waals surface area contributed by atoms with E-state index in [9.17, 15) is 5.26 Å². The Balaban J connectivity index is 2.36. The minimum Gasteiger partial charge on any atom is -0.383 e. The molecule has 0 bridgehead atoms. The smallest absolute Gasteiger partial charge is 0.0809 e. The number of para-hydroxylation sites is 1. The molecule has 2 nitrogen and oxygen atoms in total. The topological polar surface area (TPSA) is 35.8 Å². The van der Waals surface area contributed by atoms with E-state index in [2.05, 4.69) is 37.4 Å². The predicted molar refractivity (Wildman–Crippen MR) is 61.5 cm³/mol. The van der Waals surface area contributed by atoms with Crippen LogP contribution in [0.5, 0.6) is 0 Å². The van der Waals surface area contributed by atoms with Gasteiger partial charge in [0.2, 0.25) is 0 Å². The summed E-state index contributed by atoms with van der Waals surface area (Å²) in [7, 11) is 0. The van der Waals surface area contributed by atoms with Gasteiger partial charge in [0.25, 0.3) is 0 Å². The highest BCUT2D eigenvalue weighted by molar-refractivity contribution is 5.54. The molecule has 0 saturated carbocycles. The van der Waals surface area contributed by atoms with Crippen molar-refractivity contribution in [2.45, 2.75) is 20.3 Å². The van der Waals surface area contributed by atoms with E-state index < -0.39 is 0 Å². The Hall–Kier alpha value is -1.49. The quantitative estimate of drug-likeness (QED) is 0.756. The molecule has 0 aromatic heterocycles. The van der Waals surface area contributed by atoms with Crippen LogP contribution in [0.25, 0.3) is 0 Å². The van der Waals surface area contributed by atoms with E-state index in [0.717, 1.165) is 13.0 Å². The molecule has 0 amide bonds. The van der Waals surface area contributed by atoms with Crippen LogP contribution in [0.2, 0.25) is 0 Å². The summed E-state index contributed by atoms with van der Waals surface area (Å²) in [5.41, 5.74) is 2.21. The first-order chi connectivity index (χ1) is 7.18. The molecule has 15 heavy (non-hydrogen) atoms. The van der Waals surface area contributed by atoms with Crippen molar-refractivity contribution in [3.63, 3.8) is 0 Å². The number of nitrogens with one attached hydrogen (secondary N) is 1. The van der Waals surface area contributed by atoms with Gasteiger partial charge in [0.15, 0.2) is 0 Å².